The first-order valence-electron chi connectivity index (χ1n) is 6.37. The van der Waals surface area contributed by atoms with Gasteiger partial charge in [-0.05, 0) is 23.8 Å². The molecule has 20 heavy (non-hydrogen) atoms. The van der Waals surface area contributed by atoms with Crippen LogP contribution in [-0.2, 0) is 14.8 Å². The van der Waals surface area contributed by atoms with E-state index < -0.39 is 10.0 Å². The van der Waals surface area contributed by atoms with Crippen LogP contribution >= 0.6 is 11.3 Å². The molecule has 1 aromatic heterocycles. The number of hydrogen-bond acceptors (Lipinski definition) is 5. The molecular weight excluding hydrogens is 298 g/mol. The van der Waals surface area contributed by atoms with Gasteiger partial charge in [0, 0.05) is 12.6 Å². The fraction of sp³-hybridized carbons (Fsp3) is 0.583. The van der Waals surface area contributed by atoms with Crippen LogP contribution in [-0.4, -0.2) is 33.5 Å². The molecule has 1 atom stereocenters. The van der Waals surface area contributed by atoms with Crippen LogP contribution in [0.25, 0.3) is 0 Å². The highest BCUT2D eigenvalue weighted by Gasteiger charge is 2.18. The number of nitrogens with one attached hydrogen (secondary N) is 2. The Hall–Kier alpha value is -0.960. The fourth-order valence-corrected chi connectivity index (χ4v) is 3.73. The summed E-state index contributed by atoms with van der Waals surface area (Å²) >= 11 is 1.11. The number of hydrogen-bond donors (Lipinski definition) is 3. The van der Waals surface area contributed by atoms with Gasteiger partial charge < -0.3 is 11.1 Å². The zero-order valence-electron chi connectivity index (χ0n) is 11.6. The molecule has 6 nitrogen and oxygen atoms in total. The van der Waals surface area contributed by atoms with Crippen LogP contribution in [0.5, 0.6) is 0 Å². The molecule has 1 aromatic rings. The molecule has 114 valence electrons. The molecule has 1 rings (SSSR count). The van der Waals surface area contributed by atoms with E-state index in [1.54, 1.807) is 11.4 Å². The molecule has 0 spiro atoms. The van der Waals surface area contributed by atoms with E-state index >= 15 is 0 Å². The minimum Gasteiger partial charge on any atom is -0.351 e. The summed E-state index contributed by atoms with van der Waals surface area (Å²) in [6.07, 6.45) is 0.764. The monoisotopic (exact) mass is 319 g/mol. The van der Waals surface area contributed by atoms with Gasteiger partial charge in [-0.15, -0.1) is 11.3 Å². The molecule has 0 saturated carbocycles. The van der Waals surface area contributed by atoms with Crippen LogP contribution in [0.4, 0.5) is 0 Å². The summed E-state index contributed by atoms with van der Waals surface area (Å²) in [5.41, 5.74) is 5.58. The standard InChI is InChI=1S/C12H21N3O3S2/c1-9(2)6-10(7-13)15-11(16)8-14-20(17,18)12-4-3-5-19-12/h3-5,9-10,14H,6-8,13H2,1-2H3,(H,15,16). The van der Waals surface area contributed by atoms with Crippen LogP contribution in [0.2, 0.25) is 0 Å². The maximum absolute atomic E-state index is 11.8. The van der Waals surface area contributed by atoms with Crippen molar-refractivity contribution in [2.24, 2.45) is 11.7 Å². The first-order chi connectivity index (χ1) is 9.35. The zero-order chi connectivity index (χ0) is 15.2. The number of nitrogens with two attached hydrogens (primary N) is 1. The van der Waals surface area contributed by atoms with Gasteiger partial charge >= 0.3 is 0 Å². The third kappa shape index (κ3) is 5.58. The van der Waals surface area contributed by atoms with Crippen molar-refractivity contribution in [3.63, 3.8) is 0 Å². The Morgan fingerprint density at radius 2 is 2.15 bits per heavy atom. The van der Waals surface area contributed by atoms with Crippen molar-refractivity contribution in [2.75, 3.05) is 13.1 Å². The predicted molar refractivity (Wildman–Crippen MR) is 79.9 cm³/mol. The van der Waals surface area contributed by atoms with E-state index in [1.165, 1.54) is 6.07 Å². The Labute approximate surface area is 123 Å². The van der Waals surface area contributed by atoms with Gasteiger partial charge in [0.2, 0.25) is 5.91 Å². The minimum atomic E-state index is -3.60. The summed E-state index contributed by atoms with van der Waals surface area (Å²) in [5, 5.41) is 4.40. The van der Waals surface area contributed by atoms with Crippen molar-refractivity contribution in [1.29, 1.82) is 0 Å². The van der Waals surface area contributed by atoms with Crippen molar-refractivity contribution in [1.82, 2.24) is 10.0 Å². The topological polar surface area (TPSA) is 101 Å². The second kappa shape index (κ2) is 7.72. The maximum atomic E-state index is 11.8. The highest BCUT2D eigenvalue weighted by Crippen LogP contribution is 2.14. The normalized spacial score (nSPS) is 13.4. The van der Waals surface area contributed by atoms with E-state index in [2.05, 4.69) is 10.0 Å². The van der Waals surface area contributed by atoms with Gasteiger partial charge in [0.05, 0.1) is 6.54 Å². The summed E-state index contributed by atoms with van der Waals surface area (Å²) in [6, 6.07) is 3.01. The summed E-state index contributed by atoms with van der Waals surface area (Å²) in [4.78, 5) is 11.7. The Morgan fingerprint density at radius 1 is 1.45 bits per heavy atom. The number of rotatable bonds is 8. The van der Waals surface area contributed by atoms with Gasteiger partial charge in [0.25, 0.3) is 10.0 Å². The highest BCUT2D eigenvalue weighted by atomic mass is 32.2. The average Bonchev–Trinajstić information content (AvgIpc) is 2.89. The molecule has 1 amide bonds. The van der Waals surface area contributed by atoms with E-state index in [-0.39, 0.29) is 22.7 Å². The van der Waals surface area contributed by atoms with Gasteiger partial charge in [-0.25, -0.2) is 13.1 Å². The molecule has 0 bridgehead atoms. The zero-order valence-corrected chi connectivity index (χ0v) is 13.3. The second-order valence-electron chi connectivity index (χ2n) is 4.89. The number of thiophene rings is 1. The van der Waals surface area contributed by atoms with Gasteiger partial charge in [-0.1, -0.05) is 19.9 Å². The van der Waals surface area contributed by atoms with Crippen molar-refractivity contribution in [3.05, 3.63) is 17.5 Å². The van der Waals surface area contributed by atoms with Crippen molar-refractivity contribution in [3.8, 4) is 0 Å². The lowest BCUT2D eigenvalue weighted by atomic mass is 10.0. The summed E-state index contributed by atoms with van der Waals surface area (Å²) in [6.45, 7) is 4.12. The van der Waals surface area contributed by atoms with E-state index in [1.807, 2.05) is 13.8 Å². The van der Waals surface area contributed by atoms with Crippen molar-refractivity contribution >= 4 is 27.3 Å². The van der Waals surface area contributed by atoms with Gasteiger partial charge in [0.1, 0.15) is 4.21 Å². The van der Waals surface area contributed by atoms with Crippen LogP contribution < -0.4 is 15.8 Å². The van der Waals surface area contributed by atoms with Crippen LogP contribution in [0.3, 0.4) is 0 Å². The number of carbonyl (C=O) groups excluding carboxylic acids is 1. The van der Waals surface area contributed by atoms with Crippen LogP contribution in [0, 0.1) is 5.92 Å². The van der Waals surface area contributed by atoms with Gasteiger partial charge in [-0.3, -0.25) is 4.79 Å². The average molecular weight is 319 g/mol. The molecule has 0 saturated heterocycles. The maximum Gasteiger partial charge on any atom is 0.250 e. The number of amides is 1. The van der Waals surface area contributed by atoms with E-state index in [4.69, 9.17) is 5.73 Å². The van der Waals surface area contributed by atoms with Gasteiger partial charge in [0.15, 0.2) is 0 Å². The lowest BCUT2D eigenvalue weighted by Crippen LogP contribution is -2.45. The molecule has 0 radical (unpaired) electrons. The first-order valence-corrected chi connectivity index (χ1v) is 8.74. The lowest BCUT2D eigenvalue weighted by Gasteiger charge is -2.18. The molecule has 0 fully saturated rings. The molecule has 1 unspecified atom stereocenters. The summed E-state index contributed by atoms with van der Waals surface area (Å²) in [5.74, 6) is 0.0351. The van der Waals surface area contributed by atoms with Crippen LogP contribution in [0.1, 0.15) is 20.3 Å². The number of sulfonamides is 1. The SMILES string of the molecule is CC(C)CC(CN)NC(=O)CNS(=O)(=O)c1cccs1. The predicted octanol–water partition coefficient (Wildman–Crippen LogP) is 0.516. The van der Waals surface area contributed by atoms with Crippen molar-refractivity contribution in [2.45, 2.75) is 30.5 Å². The summed E-state index contributed by atoms with van der Waals surface area (Å²) in [7, 11) is -3.60. The lowest BCUT2D eigenvalue weighted by molar-refractivity contribution is -0.120. The molecule has 0 aromatic carbocycles. The third-order valence-corrected chi connectivity index (χ3v) is 5.39. The fourth-order valence-electron chi connectivity index (χ4n) is 1.71. The van der Waals surface area contributed by atoms with E-state index in [0.717, 1.165) is 17.8 Å². The Bertz CT molecular complexity index is 512. The number of carbonyl (C=O) groups is 1. The van der Waals surface area contributed by atoms with E-state index in [9.17, 15) is 13.2 Å². The Balaban J connectivity index is 2.47. The molecule has 0 aliphatic carbocycles. The van der Waals surface area contributed by atoms with Gasteiger partial charge in [-0.2, -0.15) is 0 Å². The Morgan fingerprint density at radius 3 is 2.65 bits per heavy atom. The Kier molecular flexibility index (Phi) is 6.60. The molecule has 0 aliphatic rings. The first kappa shape index (κ1) is 17.1. The molecule has 4 N–H and O–H groups in total. The quantitative estimate of drug-likeness (QED) is 0.650. The smallest absolute Gasteiger partial charge is 0.250 e. The minimum absolute atomic E-state index is 0.131. The second-order valence-corrected chi connectivity index (χ2v) is 7.83. The van der Waals surface area contributed by atoms with Crippen molar-refractivity contribution < 1.29 is 13.2 Å². The van der Waals surface area contributed by atoms with Crippen LogP contribution in [0.15, 0.2) is 21.7 Å². The molecule has 8 heteroatoms. The molecule has 0 aliphatic heterocycles. The summed E-state index contributed by atoms with van der Waals surface area (Å²) < 4.78 is 26.1. The van der Waals surface area contributed by atoms with E-state index in [0.29, 0.717) is 12.5 Å². The molecule has 1 heterocycles. The highest BCUT2D eigenvalue weighted by molar-refractivity contribution is 7.91. The molecular formula is C12H21N3O3S2. The third-order valence-electron chi connectivity index (χ3n) is 2.59. The largest absolute Gasteiger partial charge is 0.351 e.